The first kappa shape index (κ1) is 31.1. The topological polar surface area (TPSA) is 42.7 Å². The van der Waals surface area contributed by atoms with Crippen molar-refractivity contribution < 1.29 is 0 Å². The third-order valence-corrected chi connectivity index (χ3v) is 5.56. The molecular formula is C28H50N4S. The third kappa shape index (κ3) is 16.4. The van der Waals surface area contributed by atoms with Crippen LogP contribution in [0.5, 0.6) is 0 Å². The standard InChI is InChI=1S/C11H21N.C9H16N2.C8H13NS/c1-6-11(7-9(2)3)8-12-10(4)5;1-4-11-7-9(6-10-11)5-8(2)3;1-6(2)4-8-7(3)9-5-10-8/h6,8-10,12H,1,7H2,2-5H3;6-8H,4-5H2,1-3H3;5-6H,4H2,1-3H3/b11-8+;;. The van der Waals surface area contributed by atoms with Crippen LogP contribution in [0.4, 0.5) is 0 Å². The van der Waals surface area contributed by atoms with Gasteiger partial charge in [0.15, 0.2) is 0 Å². The summed E-state index contributed by atoms with van der Waals surface area (Å²) in [6, 6.07) is 0.507. The molecule has 0 aliphatic rings. The largest absolute Gasteiger partial charge is 0.388 e. The molecule has 0 spiro atoms. The van der Waals surface area contributed by atoms with Crippen molar-refractivity contribution in [1.29, 1.82) is 0 Å². The van der Waals surface area contributed by atoms with Gasteiger partial charge in [-0.05, 0) is 82.0 Å². The molecule has 0 bridgehead atoms. The van der Waals surface area contributed by atoms with Crippen molar-refractivity contribution in [2.45, 2.75) is 101 Å². The lowest BCUT2D eigenvalue weighted by Crippen LogP contribution is -2.16. The lowest BCUT2D eigenvalue weighted by atomic mass is 10.0. The van der Waals surface area contributed by atoms with E-state index in [4.69, 9.17) is 0 Å². The van der Waals surface area contributed by atoms with Crippen molar-refractivity contribution in [2.75, 3.05) is 0 Å². The van der Waals surface area contributed by atoms with E-state index < -0.39 is 0 Å². The molecule has 2 rings (SSSR count). The van der Waals surface area contributed by atoms with E-state index in [-0.39, 0.29) is 0 Å². The SMILES string of the molecule is C=C/C(=C\NC(C)C)CC(C)C.CCn1cc(CC(C)C)cn1.Cc1ncsc1CC(C)C. The smallest absolute Gasteiger partial charge is 0.0797 e. The van der Waals surface area contributed by atoms with Gasteiger partial charge in [-0.3, -0.25) is 4.68 Å². The van der Waals surface area contributed by atoms with Crippen LogP contribution < -0.4 is 5.32 Å². The van der Waals surface area contributed by atoms with Gasteiger partial charge in [-0.25, -0.2) is 4.98 Å². The fraction of sp³-hybridized carbons (Fsp3) is 0.643. The maximum atomic E-state index is 4.20. The zero-order valence-electron chi connectivity index (χ0n) is 23.0. The quantitative estimate of drug-likeness (QED) is 0.356. The highest BCUT2D eigenvalue weighted by Gasteiger charge is 2.02. The van der Waals surface area contributed by atoms with Crippen molar-refractivity contribution in [3.8, 4) is 0 Å². The van der Waals surface area contributed by atoms with E-state index in [1.165, 1.54) is 28.1 Å². The maximum Gasteiger partial charge on any atom is 0.0797 e. The molecule has 5 heteroatoms. The minimum absolute atomic E-state index is 0.507. The Morgan fingerprint density at radius 3 is 2.09 bits per heavy atom. The number of rotatable bonds is 10. The second-order valence-corrected chi connectivity index (χ2v) is 11.0. The normalized spacial score (nSPS) is 11.4. The van der Waals surface area contributed by atoms with Gasteiger partial charge in [0.2, 0.25) is 0 Å². The number of thiazole rings is 1. The van der Waals surface area contributed by atoms with Gasteiger partial charge in [0, 0.05) is 23.7 Å². The minimum Gasteiger partial charge on any atom is -0.388 e. The molecule has 2 heterocycles. The molecule has 0 aromatic carbocycles. The Morgan fingerprint density at radius 1 is 1.06 bits per heavy atom. The number of aryl methyl sites for hydroxylation is 2. The van der Waals surface area contributed by atoms with E-state index >= 15 is 0 Å². The summed E-state index contributed by atoms with van der Waals surface area (Å²) in [5.41, 5.74) is 5.77. The Hall–Kier alpha value is -1.88. The molecule has 0 aliphatic carbocycles. The predicted octanol–water partition coefficient (Wildman–Crippen LogP) is 7.85. The van der Waals surface area contributed by atoms with Gasteiger partial charge in [-0.15, -0.1) is 11.3 Å². The molecule has 188 valence electrons. The van der Waals surface area contributed by atoms with Crippen LogP contribution in [0.1, 0.15) is 84.9 Å². The van der Waals surface area contributed by atoms with Crippen LogP contribution in [0.15, 0.2) is 42.3 Å². The van der Waals surface area contributed by atoms with Gasteiger partial charge in [0.25, 0.3) is 0 Å². The average Bonchev–Trinajstić information content (AvgIpc) is 3.33. The first-order valence-electron chi connectivity index (χ1n) is 12.5. The maximum absolute atomic E-state index is 4.20. The Labute approximate surface area is 208 Å². The lowest BCUT2D eigenvalue weighted by molar-refractivity contribution is 0.637. The Balaban J connectivity index is 0.000000467. The van der Waals surface area contributed by atoms with Crippen LogP contribution in [0, 0.1) is 24.7 Å². The van der Waals surface area contributed by atoms with E-state index in [0.29, 0.717) is 12.0 Å². The van der Waals surface area contributed by atoms with Gasteiger partial charge in [-0.2, -0.15) is 5.10 Å². The fourth-order valence-corrected chi connectivity index (χ4v) is 3.99. The summed E-state index contributed by atoms with van der Waals surface area (Å²) in [7, 11) is 0. The number of nitrogens with one attached hydrogen (secondary N) is 1. The van der Waals surface area contributed by atoms with Crippen LogP contribution in [-0.4, -0.2) is 20.8 Å². The van der Waals surface area contributed by atoms with Crippen molar-refractivity contribution in [2.24, 2.45) is 17.8 Å². The predicted molar refractivity (Wildman–Crippen MR) is 148 cm³/mol. The van der Waals surface area contributed by atoms with Crippen LogP contribution in [0.25, 0.3) is 0 Å². The van der Waals surface area contributed by atoms with Gasteiger partial charge >= 0.3 is 0 Å². The van der Waals surface area contributed by atoms with E-state index in [0.717, 1.165) is 31.2 Å². The highest BCUT2D eigenvalue weighted by molar-refractivity contribution is 7.09. The molecule has 33 heavy (non-hydrogen) atoms. The average molecular weight is 475 g/mol. The van der Waals surface area contributed by atoms with Crippen molar-refractivity contribution >= 4 is 11.3 Å². The first-order chi connectivity index (χ1) is 15.5. The summed E-state index contributed by atoms with van der Waals surface area (Å²) in [5.74, 6) is 2.17. The summed E-state index contributed by atoms with van der Waals surface area (Å²) in [5, 5.41) is 7.47. The minimum atomic E-state index is 0.507. The van der Waals surface area contributed by atoms with Gasteiger partial charge < -0.3 is 5.32 Å². The summed E-state index contributed by atoms with van der Waals surface area (Å²) < 4.78 is 1.97. The molecule has 1 N–H and O–H groups in total. The lowest BCUT2D eigenvalue weighted by Gasteiger charge is -2.08. The fourth-order valence-electron chi connectivity index (χ4n) is 3.00. The molecular weight excluding hydrogens is 424 g/mol. The molecule has 0 radical (unpaired) electrons. The molecule has 0 amide bonds. The number of nitrogens with zero attached hydrogens (tertiary/aromatic N) is 3. The van der Waals surface area contributed by atoms with Crippen LogP contribution >= 0.6 is 11.3 Å². The summed E-state index contributed by atoms with van der Waals surface area (Å²) in [6.45, 7) is 26.5. The first-order valence-corrected chi connectivity index (χ1v) is 13.3. The Kier molecular flexibility index (Phi) is 16.6. The van der Waals surface area contributed by atoms with Crippen LogP contribution in [-0.2, 0) is 19.4 Å². The second-order valence-electron chi connectivity index (χ2n) is 10.1. The number of aromatic nitrogens is 3. The molecule has 0 saturated heterocycles. The molecule has 2 aromatic rings. The van der Waals surface area contributed by atoms with Gasteiger partial charge in [0.1, 0.15) is 0 Å². The summed E-state index contributed by atoms with van der Waals surface area (Å²) in [4.78, 5) is 5.63. The van der Waals surface area contributed by atoms with E-state index in [2.05, 4.69) is 104 Å². The van der Waals surface area contributed by atoms with Crippen LogP contribution in [0.3, 0.4) is 0 Å². The monoisotopic (exact) mass is 474 g/mol. The van der Waals surface area contributed by atoms with E-state index in [1.807, 2.05) is 22.5 Å². The zero-order chi connectivity index (χ0) is 25.4. The number of hydrogen-bond donors (Lipinski definition) is 1. The van der Waals surface area contributed by atoms with Gasteiger partial charge in [0.05, 0.1) is 17.4 Å². The van der Waals surface area contributed by atoms with Crippen molar-refractivity contribution in [3.63, 3.8) is 0 Å². The highest BCUT2D eigenvalue weighted by atomic mass is 32.1. The third-order valence-electron chi connectivity index (χ3n) is 4.60. The highest BCUT2D eigenvalue weighted by Crippen LogP contribution is 2.16. The molecule has 4 nitrogen and oxygen atoms in total. The zero-order valence-corrected chi connectivity index (χ0v) is 23.8. The van der Waals surface area contributed by atoms with E-state index in [9.17, 15) is 0 Å². The van der Waals surface area contributed by atoms with Gasteiger partial charge in [-0.1, -0.05) is 54.2 Å². The summed E-state index contributed by atoms with van der Waals surface area (Å²) >= 11 is 1.77. The Morgan fingerprint density at radius 2 is 1.70 bits per heavy atom. The molecule has 0 atom stereocenters. The van der Waals surface area contributed by atoms with E-state index in [1.54, 1.807) is 11.3 Å². The molecule has 2 aromatic heterocycles. The van der Waals surface area contributed by atoms with Crippen molar-refractivity contribution in [1.82, 2.24) is 20.1 Å². The van der Waals surface area contributed by atoms with Crippen LogP contribution in [0.2, 0.25) is 0 Å². The molecule has 0 fully saturated rings. The Bertz CT molecular complexity index is 781. The summed E-state index contributed by atoms with van der Waals surface area (Å²) in [6.07, 6.45) is 11.5. The second kappa shape index (κ2) is 17.6. The molecule has 0 saturated carbocycles. The number of hydrogen-bond acceptors (Lipinski definition) is 4. The number of allylic oxidation sites excluding steroid dienone is 2. The van der Waals surface area contributed by atoms with Crippen molar-refractivity contribution in [3.05, 3.63) is 58.5 Å². The molecule has 0 aliphatic heterocycles. The molecule has 0 unspecified atom stereocenters.